The molecule has 0 aromatic heterocycles. The number of esters is 1. The Morgan fingerprint density at radius 1 is 0.900 bits per heavy atom. The van der Waals surface area contributed by atoms with Crippen molar-refractivity contribution in [3.8, 4) is 5.75 Å². The molecular weight excluding hydrogens is 713 g/mol. The number of para-hydroxylation sites is 1. The number of hydrogen-bond acceptors (Lipinski definition) is 8. The maximum atomic E-state index is 13.6. The molecular formula is C33H33F6N3O6S2. The number of hydrogen-bond donors (Lipinski definition) is 3. The van der Waals surface area contributed by atoms with Gasteiger partial charge in [-0.25, -0.2) is 13.2 Å². The Morgan fingerprint density at radius 2 is 1.58 bits per heavy atom. The maximum Gasteiger partial charge on any atom is 0.491 e. The Hall–Kier alpha value is -4.09. The third kappa shape index (κ3) is 10.5. The molecule has 2 amide bonds. The average molecular weight is 746 g/mol. The van der Waals surface area contributed by atoms with Crippen LogP contribution < -0.4 is 20.7 Å². The van der Waals surface area contributed by atoms with Crippen LogP contribution in [0.2, 0.25) is 0 Å². The van der Waals surface area contributed by atoms with Crippen molar-refractivity contribution in [2.75, 3.05) is 18.6 Å². The molecule has 1 fully saturated rings. The number of nitrogens with one attached hydrogen (secondary N) is 3. The van der Waals surface area contributed by atoms with Crippen LogP contribution in [-0.2, 0) is 32.1 Å². The highest BCUT2D eigenvalue weighted by Gasteiger charge is 2.44. The van der Waals surface area contributed by atoms with Gasteiger partial charge in [0, 0.05) is 23.5 Å². The molecule has 0 aliphatic heterocycles. The van der Waals surface area contributed by atoms with E-state index in [0.29, 0.717) is 37.9 Å². The summed E-state index contributed by atoms with van der Waals surface area (Å²) in [6.07, 6.45) is -7.83. The number of carbonyl (C=O) groups excluding carboxylic acids is 3. The van der Waals surface area contributed by atoms with Gasteiger partial charge in [0.15, 0.2) is 15.6 Å². The van der Waals surface area contributed by atoms with Crippen molar-refractivity contribution >= 4 is 39.4 Å². The first-order valence-electron chi connectivity index (χ1n) is 15.2. The van der Waals surface area contributed by atoms with Gasteiger partial charge in [0.1, 0.15) is 0 Å². The van der Waals surface area contributed by atoms with Crippen LogP contribution in [0.1, 0.15) is 40.7 Å². The Balaban J connectivity index is 1.48. The molecule has 0 heterocycles. The van der Waals surface area contributed by atoms with E-state index in [1.807, 2.05) is 41.9 Å². The average Bonchev–Trinajstić information content (AvgIpc) is 3.06. The lowest BCUT2D eigenvalue weighted by Crippen LogP contribution is -2.51. The normalized spacial score (nSPS) is 18.3. The molecule has 4 rings (SSSR count). The second kappa shape index (κ2) is 16.3. The van der Waals surface area contributed by atoms with Crippen molar-refractivity contribution in [2.24, 2.45) is 5.92 Å². The second-order valence-corrected chi connectivity index (χ2v) is 14.4. The zero-order valence-electron chi connectivity index (χ0n) is 26.4. The number of benzene rings is 3. The number of ether oxygens (including phenoxy) is 1. The molecule has 1 aliphatic rings. The monoisotopic (exact) mass is 745 g/mol. The lowest BCUT2D eigenvalue weighted by atomic mass is 9.82. The summed E-state index contributed by atoms with van der Waals surface area (Å²) in [5.41, 5.74) is -1.85. The molecule has 0 unspecified atom stereocenters. The quantitative estimate of drug-likeness (QED) is 0.0954. The molecule has 50 heavy (non-hydrogen) atoms. The number of amides is 2. The fraction of sp³-hybridized carbons (Fsp3) is 0.364. The summed E-state index contributed by atoms with van der Waals surface area (Å²) in [6, 6.07) is 16.9. The van der Waals surface area contributed by atoms with Crippen molar-refractivity contribution in [1.29, 1.82) is 0 Å². The van der Waals surface area contributed by atoms with Crippen LogP contribution in [0.15, 0.2) is 82.6 Å². The lowest BCUT2D eigenvalue weighted by molar-refractivity contribution is -0.190. The van der Waals surface area contributed by atoms with Crippen LogP contribution in [0.3, 0.4) is 0 Å². The van der Waals surface area contributed by atoms with Gasteiger partial charge in [-0.1, -0.05) is 36.4 Å². The van der Waals surface area contributed by atoms with Gasteiger partial charge in [0.2, 0.25) is 5.91 Å². The van der Waals surface area contributed by atoms with Gasteiger partial charge in [-0.3, -0.25) is 9.59 Å². The number of rotatable bonds is 12. The molecule has 1 saturated carbocycles. The van der Waals surface area contributed by atoms with Gasteiger partial charge in [-0.2, -0.15) is 26.3 Å². The fourth-order valence-corrected chi connectivity index (χ4v) is 7.64. The number of sulfone groups is 1. The third-order valence-electron chi connectivity index (χ3n) is 8.02. The van der Waals surface area contributed by atoms with Crippen molar-refractivity contribution in [3.05, 3.63) is 89.5 Å². The highest BCUT2D eigenvalue weighted by molar-refractivity contribution is 7.98. The van der Waals surface area contributed by atoms with E-state index < -0.39 is 75.4 Å². The molecule has 0 spiro atoms. The zero-order valence-corrected chi connectivity index (χ0v) is 28.1. The number of thioether (sulfide) groups is 1. The van der Waals surface area contributed by atoms with Crippen LogP contribution in [0.5, 0.6) is 5.75 Å². The summed E-state index contributed by atoms with van der Waals surface area (Å²) in [5, 5.41) is 8.17. The summed E-state index contributed by atoms with van der Waals surface area (Å²) in [6.45, 7) is -0.302. The van der Waals surface area contributed by atoms with Gasteiger partial charge in [-0.15, -0.1) is 11.8 Å². The maximum absolute atomic E-state index is 13.6. The summed E-state index contributed by atoms with van der Waals surface area (Å²) < 4.78 is 110. The van der Waals surface area contributed by atoms with E-state index in [1.165, 1.54) is 23.9 Å². The second-order valence-electron chi connectivity index (χ2n) is 11.5. The van der Waals surface area contributed by atoms with Crippen LogP contribution in [0.25, 0.3) is 0 Å². The third-order valence-corrected chi connectivity index (χ3v) is 10.6. The highest BCUT2D eigenvalue weighted by atomic mass is 32.2. The van der Waals surface area contributed by atoms with Crippen LogP contribution in [0.4, 0.5) is 26.3 Å². The first-order chi connectivity index (χ1) is 23.5. The van der Waals surface area contributed by atoms with Gasteiger partial charge in [-0.05, 0) is 73.4 Å². The van der Waals surface area contributed by atoms with E-state index in [2.05, 4.69) is 15.4 Å². The Labute approximate surface area is 288 Å². The minimum absolute atomic E-state index is 0.0964. The van der Waals surface area contributed by atoms with Gasteiger partial charge >= 0.3 is 18.3 Å². The van der Waals surface area contributed by atoms with Crippen molar-refractivity contribution in [2.45, 2.75) is 60.0 Å². The standard InChI is InChI=1S/C33H33F6N3O6S2/c1-49-23-11-13-24(14-12-23)50(46,47)19-21-16-22(40-17-20-6-3-2-4-7-20)10-15-27(21)42-28(43)18-41-30(44)25-8-5-9-26(32(34,35)36)29(25)48-31(45)33(37,38)39/h2-9,11-14,21-22,27,40H,10,15-19H2,1H3,(H,41,44)(H,42,43)/t21-,22+,27-/m0/s1. The molecule has 3 atom stereocenters. The summed E-state index contributed by atoms with van der Waals surface area (Å²) in [7, 11) is -3.82. The summed E-state index contributed by atoms with van der Waals surface area (Å²) in [4.78, 5) is 38.2. The Morgan fingerprint density at radius 3 is 2.20 bits per heavy atom. The number of halogens is 6. The molecule has 3 aromatic carbocycles. The zero-order chi connectivity index (χ0) is 36.7. The molecule has 17 heteroatoms. The van der Waals surface area contributed by atoms with E-state index in [4.69, 9.17) is 0 Å². The van der Waals surface area contributed by atoms with Crippen LogP contribution in [-0.4, -0.2) is 63.0 Å². The van der Waals surface area contributed by atoms with Crippen molar-refractivity contribution < 1.29 is 53.9 Å². The smallest absolute Gasteiger partial charge is 0.418 e. The summed E-state index contributed by atoms with van der Waals surface area (Å²) in [5.74, 6) is -7.79. The van der Waals surface area contributed by atoms with Crippen molar-refractivity contribution in [1.82, 2.24) is 16.0 Å². The topological polar surface area (TPSA) is 131 Å². The summed E-state index contributed by atoms with van der Waals surface area (Å²) >= 11 is 1.45. The van der Waals surface area contributed by atoms with Crippen LogP contribution in [0, 0.1) is 5.92 Å². The van der Waals surface area contributed by atoms with E-state index in [0.717, 1.165) is 16.5 Å². The predicted octanol–water partition coefficient (Wildman–Crippen LogP) is 5.54. The highest BCUT2D eigenvalue weighted by Crippen LogP contribution is 2.39. The predicted molar refractivity (Wildman–Crippen MR) is 172 cm³/mol. The Bertz CT molecular complexity index is 1770. The van der Waals surface area contributed by atoms with Gasteiger partial charge in [0.25, 0.3) is 5.91 Å². The molecule has 9 nitrogen and oxygen atoms in total. The Kier molecular flexibility index (Phi) is 12.6. The molecule has 3 aromatic rings. The molecule has 1 aliphatic carbocycles. The first kappa shape index (κ1) is 38.7. The molecule has 270 valence electrons. The van der Waals surface area contributed by atoms with E-state index >= 15 is 0 Å². The van der Waals surface area contributed by atoms with Crippen LogP contribution >= 0.6 is 11.8 Å². The van der Waals surface area contributed by atoms with E-state index in [-0.39, 0.29) is 16.7 Å². The fourth-order valence-electron chi connectivity index (χ4n) is 5.56. The van der Waals surface area contributed by atoms with E-state index in [1.54, 1.807) is 12.1 Å². The van der Waals surface area contributed by atoms with Crippen molar-refractivity contribution in [3.63, 3.8) is 0 Å². The molecule has 3 N–H and O–H groups in total. The lowest BCUT2D eigenvalue weighted by Gasteiger charge is -2.37. The SMILES string of the molecule is CSc1ccc(S(=O)(=O)C[C@@H]2C[C@H](NCc3ccccc3)CC[C@@H]2NC(=O)CNC(=O)c2cccc(C(F)(F)F)c2OC(=O)C(F)(F)F)cc1. The number of carbonyl (C=O) groups is 3. The van der Waals surface area contributed by atoms with Gasteiger partial charge < -0.3 is 20.7 Å². The largest absolute Gasteiger partial charge is 0.491 e. The molecule has 0 saturated heterocycles. The molecule has 0 radical (unpaired) electrons. The first-order valence-corrected chi connectivity index (χ1v) is 18.1. The molecule has 0 bridgehead atoms. The number of alkyl halides is 6. The minimum atomic E-state index is -5.66. The minimum Gasteiger partial charge on any atom is -0.418 e. The van der Waals surface area contributed by atoms with Gasteiger partial charge in [0.05, 0.1) is 28.3 Å². The van der Waals surface area contributed by atoms with E-state index in [9.17, 15) is 49.1 Å².